The highest BCUT2D eigenvalue weighted by molar-refractivity contribution is 6.00. The van der Waals surface area contributed by atoms with Crippen molar-refractivity contribution in [3.05, 3.63) is 44.6 Å². The molecule has 1 aromatic carbocycles. The van der Waals surface area contributed by atoms with Gasteiger partial charge in [-0.15, -0.1) is 0 Å². The highest BCUT2D eigenvalue weighted by Crippen LogP contribution is 2.20. The molecule has 0 amide bonds. The molecule has 11 nitrogen and oxygen atoms in total. The summed E-state index contributed by atoms with van der Waals surface area (Å²) in [6.07, 6.45) is 2.30. The molecule has 3 aromatic rings. The fourth-order valence-electron chi connectivity index (χ4n) is 3.27. The van der Waals surface area contributed by atoms with E-state index in [4.69, 9.17) is 0 Å². The molecule has 0 saturated heterocycles. The van der Waals surface area contributed by atoms with E-state index in [0.29, 0.717) is 11.6 Å². The van der Waals surface area contributed by atoms with Crippen molar-refractivity contribution in [1.82, 2.24) is 19.9 Å². The molecule has 4 rings (SSSR count). The Balaban J connectivity index is 2.42. The zero-order chi connectivity index (χ0) is 22.8. The first-order valence-corrected chi connectivity index (χ1v) is 8.88. The summed E-state index contributed by atoms with van der Waals surface area (Å²) >= 11 is 0. The molecule has 0 saturated carbocycles. The van der Waals surface area contributed by atoms with Crippen LogP contribution in [0.4, 0.5) is 0 Å². The molecule has 0 radical (unpaired) electrons. The van der Waals surface area contributed by atoms with Gasteiger partial charge in [-0.1, -0.05) is 6.08 Å². The van der Waals surface area contributed by atoms with Crippen LogP contribution in [0.15, 0.2) is 16.3 Å². The van der Waals surface area contributed by atoms with E-state index in [9.17, 15) is 31.6 Å². The predicted octanol–water partition coefficient (Wildman–Crippen LogP) is 0.555. The topological polar surface area (TPSA) is 207 Å². The molecular weight excluding hydrogens is 406 g/mol. The average Bonchev–Trinajstić information content (AvgIpc) is 2.82. The summed E-state index contributed by atoms with van der Waals surface area (Å²) < 4.78 is 0. The molecule has 0 atom stereocenters. The van der Waals surface area contributed by atoms with Crippen molar-refractivity contribution in [2.45, 2.75) is 12.8 Å². The van der Waals surface area contributed by atoms with Crippen molar-refractivity contribution >= 4 is 28.1 Å². The number of fused-ring (bicyclic) bond motifs is 6. The van der Waals surface area contributed by atoms with Crippen LogP contribution < -0.4 is 10.6 Å². The molecule has 0 N–H and O–H groups in total. The van der Waals surface area contributed by atoms with Crippen molar-refractivity contribution in [3.63, 3.8) is 0 Å². The predicted molar refractivity (Wildman–Crippen MR) is 104 cm³/mol. The Hall–Kier alpha value is -5.75. The maximum Gasteiger partial charge on any atom is 0.177 e. The van der Waals surface area contributed by atoms with Crippen LogP contribution in [-0.4, -0.2) is 19.9 Å². The van der Waals surface area contributed by atoms with Crippen LogP contribution in [0.3, 0.4) is 0 Å². The van der Waals surface area contributed by atoms with E-state index in [1.54, 1.807) is 24.3 Å². The fourth-order valence-corrected chi connectivity index (χ4v) is 3.27. The molecule has 0 bridgehead atoms. The molecule has 0 spiro atoms. The number of nitrogens with zero attached hydrogens (tertiary/aromatic N) is 11. The van der Waals surface area contributed by atoms with Crippen LogP contribution in [0.1, 0.15) is 35.6 Å². The number of allylic oxidation sites excluding steroid dienone is 2. The fraction of sp³-hybridized carbons (Fsp3) is 0.0952. The number of rotatable bonds is 0. The van der Waals surface area contributed by atoms with Gasteiger partial charge in [-0.3, -0.25) is 0 Å². The second kappa shape index (κ2) is 7.58. The number of hydrogen-bond acceptors (Lipinski definition) is 11. The second-order valence-electron chi connectivity index (χ2n) is 6.35. The lowest BCUT2D eigenvalue weighted by molar-refractivity contribution is 1.00. The molecule has 144 valence electrons. The lowest BCUT2D eigenvalue weighted by atomic mass is 10.0. The van der Waals surface area contributed by atoms with Crippen molar-refractivity contribution in [1.29, 1.82) is 31.6 Å². The zero-order valence-electron chi connectivity index (χ0n) is 15.9. The third kappa shape index (κ3) is 2.81. The smallest absolute Gasteiger partial charge is 0.177 e. The van der Waals surface area contributed by atoms with E-state index in [2.05, 4.69) is 24.9 Å². The molecule has 0 aliphatic carbocycles. The third-order valence-corrected chi connectivity index (χ3v) is 4.67. The first-order valence-electron chi connectivity index (χ1n) is 8.88. The van der Waals surface area contributed by atoms with Crippen LogP contribution in [-0.2, 0) is 0 Å². The first kappa shape index (κ1) is 19.6. The standard InChI is InChI=1S/C21H5N11/c22-4-10-2-1-3-11-17(28-12(10)5-23)19-21(32-16(9-27)15(8-26)31-19)20-18(11)29-13(6-24)14(7-25)30-20/h3H,1-2H2. The van der Waals surface area contributed by atoms with Gasteiger partial charge in [0.15, 0.2) is 28.5 Å². The summed E-state index contributed by atoms with van der Waals surface area (Å²) in [6, 6.07) is 11.1. The lowest BCUT2D eigenvalue weighted by Crippen LogP contribution is -2.31. The molecule has 32 heavy (non-hydrogen) atoms. The van der Waals surface area contributed by atoms with Crippen molar-refractivity contribution < 1.29 is 0 Å². The quantitative estimate of drug-likeness (QED) is 0.469. The molecular formula is C21H5N11. The van der Waals surface area contributed by atoms with Crippen LogP contribution in [0.2, 0.25) is 0 Å². The lowest BCUT2D eigenvalue weighted by Gasteiger charge is -2.09. The summed E-state index contributed by atoms with van der Waals surface area (Å²) in [4.78, 5) is 21.3. The number of aromatic nitrogens is 4. The van der Waals surface area contributed by atoms with E-state index >= 15 is 0 Å². The second-order valence-corrected chi connectivity index (χ2v) is 6.35. The van der Waals surface area contributed by atoms with Gasteiger partial charge in [0.05, 0.1) is 11.6 Å². The number of nitriles is 6. The van der Waals surface area contributed by atoms with Crippen molar-refractivity contribution in [3.8, 4) is 36.4 Å². The van der Waals surface area contributed by atoms with Gasteiger partial charge in [0, 0.05) is 5.22 Å². The summed E-state index contributed by atoms with van der Waals surface area (Å²) in [5.41, 5.74) is -0.595. The van der Waals surface area contributed by atoms with Crippen molar-refractivity contribution in [2.24, 2.45) is 4.99 Å². The molecule has 11 heteroatoms. The first-order chi connectivity index (χ1) is 15.6. The monoisotopic (exact) mass is 411 g/mol. The molecule has 1 aliphatic heterocycles. The van der Waals surface area contributed by atoms with Gasteiger partial charge in [0.25, 0.3) is 0 Å². The minimum Gasteiger partial charge on any atom is -0.234 e. The summed E-state index contributed by atoms with van der Waals surface area (Å²) in [5, 5.41) is 57.0. The van der Waals surface area contributed by atoms with Gasteiger partial charge in [-0.2, -0.15) is 31.6 Å². The number of benzene rings is 1. The molecule has 1 aliphatic rings. The Morgan fingerprint density at radius 2 is 1.09 bits per heavy atom. The summed E-state index contributed by atoms with van der Waals surface area (Å²) in [6.45, 7) is 0. The van der Waals surface area contributed by atoms with E-state index in [0.717, 1.165) is 0 Å². The van der Waals surface area contributed by atoms with E-state index < -0.39 is 0 Å². The van der Waals surface area contributed by atoms with Gasteiger partial charge in [0.2, 0.25) is 0 Å². The van der Waals surface area contributed by atoms with Gasteiger partial charge in [0.1, 0.15) is 57.8 Å². The van der Waals surface area contributed by atoms with E-state index in [1.165, 1.54) is 0 Å². The number of hydrogen-bond donors (Lipinski definition) is 0. The van der Waals surface area contributed by atoms with Crippen LogP contribution in [0.25, 0.3) is 28.1 Å². The largest absolute Gasteiger partial charge is 0.234 e. The Morgan fingerprint density at radius 3 is 1.59 bits per heavy atom. The maximum absolute atomic E-state index is 9.55. The molecule has 0 fully saturated rings. The maximum atomic E-state index is 9.55. The van der Waals surface area contributed by atoms with Crippen molar-refractivity contribution in [2.75, 3.05) is 0 Å². The molecule has 3 heterocycles. The minimum atomic E-state index is -0.269. The van der Waals surface area contributed by atoms with Gasteiger partial charge in [-0.25, -0.2) is 24.9 Å². The normalized spacial score (nSPS) is 12.3. The average molecular weight is 411 g/mol. The third-order valence-electron chi connectivity index (χ3n) is 4.67. The highest BCUT2D eigenvalue weighted by Gasteiger charge is 2.20. The summed E-state index contributed by atoms with van der Waals surface area (Å²) in [5.74, 6) is 0. The van der Waals surface area contributed by atoms with E-state index in [-0.39, 0.29) is 67.9 Å². The van der Waals surface area contributed by atoms with Crippen LogP contribution in [0, 0.1) is 68.0 Å². The zero-order valence-corrected chi connectivity index (χ0v) is 15.9. The van der Waals surface area contributed by atoms with Gasteiger partial charge < -0.3 is 0 Å². The molecule has 2 aromatic heterocycles. The SMILES string of the molecule is N#CC1=C(C#N)N=c2c(c3nc(C#N)c(C#N)nc3c3nc(C#N)c(C#N)nc23)=CCC1. The van der Waals surface area contributed by atoms with Gasteiger partial charge in [-0.05, 0) is 12.8 Å². The Labute approximate surface area is 179 Å². The van der Waals surface area contributed by atoms with Crippen LogP contribution >= 0.6 is 0 Å². The highest BCUT2D eigenvalue weighted by atomic mass is 14.9. The Kier molecular flexibility index (Phi) is 4.64. The van der Waals surface area contributed by atoms with Gasteiger partial charge >= 0.3 is 0 Å². The minimum absolute atomic E-state index is 0.0244. The Morgan fingerprint density at radius 1 is 0.594 bits per heavy atom. The molecule has 0 unspecified atom stereocenters. The van der Waals surface area contributed by atoms with E-state index in [1.807, 2.05) is 18.2 Å². The van der Waals surface area contributed by atoms with Crippen LogP contribution in [0.5, 0.6) is 0 Å². The summed E-state index contributed by atoms with van der Waals surface area (Å²) in [7, 11) is 0. The Bertz CT molecular complexity index is 1790.